The Morgan fingerprint density at radius 3 is 2.62 bits per heavy atom. The van der Waals surface area contributed by atoms with Gasteiger partial charge in [0.25, 0.3) is 0 Å². The van der Waals surface area contributed by atoms with Gasteiger partial charge in [-0.05, 0) is 31.5 Å². The molecule has 0 radical (unpaired) electrons. The molecule has 9 heteroatoms. The SMILES string of the molecule is Cc1cc(N(CCC(=O)Nc2cc(Cl)ccc2C)S(C)(=O)=O)no1. The van der Waals surface area contributed by atoms with E-state index in [1.807, 2.05) is 6.92 Å². The van der Waals surface area contributed by atoms with E-state index >= 15 is 0 Å². The van der Waals surface area contributed by atoms with Gasteiger partial charge < -0.3 is 9.84 Å². The fraction of sp³-hybridized carbons (Fsp3) is 0.333. The van der Waals surface area contributed by atoms with Crippen molar-refractivity contribution in [1.29, 1.82) is 0 Å². The van der Waals surface area contributed by atoms with Gasteiger partial charge in [-0.1, -0.05) is 22.8 Å². The average Bonchev–Trinajstić information content (AvgIpc) is 2.88. The summed E-state index contributed by atoms with van der Waals surface area (Å²) in [4.78, 5) is 12.1. The molecule has 0 saturated heterocycles. The third-order valence-corrected chi connectivity index (χ3v) is 4.69. The molecule has 24 heavy (non-hydrogen) atoms. The predicted octanol–water partition coefficient (Wildman–Crippen LogP) is 2.74. The van der Waals surface area contributed by atoms with Crippen LogP contribution in [0.15, 0.2) is 28.8 Å². The van der Waals surface area contributed by atoms with Crippen LogP contribution in [0.4, 0.5) is 11.5 Å². The minimum absolute atomic E-state index is 0.0368. The molecule has 130 valence electrons. The van der Waals surface area contributed by atoms with Crippen molar-refractivity contribution in [3.8, 4) is 0 Å². The zero-order chi connectivity index (χ0) is 17.9. The summed E-state index contributed by atoms with van der Waals surface area (Å²) in [5.41, 5.74) is 1.45. The van der Waals surface area contributed by atoms with Crippen molar-refractivity contribution in [2.45, 2.75) is 20.3 Å². The van der Waals surface area contributed by atoms with Crippen LogP contribution in [0.3, 0.4) is 0 Å². The maximum absolute atomic E-state index is 12.1. The fourth-order valence-electron chi connectivity index (χ4n) is 2.07. The Labute approximate surface area is 145 Å². The Hall–Kier alpha value is -2.06. The lowest BCUT2D eigenvalue weighted by atomic mass is 10.2. The smallest absolute Gasteiger partial charge is 0.233 e. The standard InChI is InChI=1S/C15H18ClN3O4S/c1-10-4-5-12(16)9-13(10)17-15(20)6-7-19(24(3,21)22)14-8-11(2)23-18-14/h4-5,8-9H,6-7H2,1-3H3,(H,17,20). The molecule has 1 heterocycles. The molecule has 0 spiro atoms. The van der Waals surface area contributed by atoms with Crippen LogP contribution in [0.2, 0.25) is 5.02 Å². The molecule has 2 rings (SSSR count). The summed E-state index contributed by atoms with van der Waals surface area (Å²) >= 11 is 5.91. The normalized spacial score (nSPS) is 11.3. The number of halogens is 1. The Morgan fingerprint density at radius 1 is 1.33 bits per heavy atom. The van der Waals surface area contributed by atoms with Crippen molar-refractivity contribution in [2.75, 3.05) is 22.4 Å². The Morgan fingerprint density at radius 2 is 2.04 bits per heavy atom. The number of benzene rings is 1. The first kappa shape index (κ1) is 18.3. The molecule has 2 aromatic rings. The lowest BCUT2D eigenvalue weighted by Crippen LogP contribution is -2.33. The molecule has 0 bridgehead atoms. The van der Waals surface area contributed by atoms with Crippen molar-refractivity contribution in [1.82, 2.24) is 5.16 Å². The van der Waals surface area contributed by atoms with Crippen LogP contribution in [-0.4, -0.2) is 32.3 Å². The second-order valence-corrected chi connectivity index (χ2v) is 7.73. The van der Waals surface area contributed by atoms with E-state index in [1.165, 1.54) is 6.07 Å². The maximum Gasteiger partial charge on any atom is 0.233 e. The zero-order valence-corrected chi connectivity index (χ0v) is 15.1. The monoisotopic (exact) mass is 371 g/mol. The van der Waals surface area contributed by atoms with Gasteiger partial charge in [-0.15, -0.1) is 0 Å². The van der Waals surface area contributed by atoms with Gasteiger partial charge in [0.2, 0.25) is 15.9 Å². The average molecular weight is 372 g/mol. The summed E-state index contributed by atoms with van der Waals surface area (Å²) in [5.74, 6) is 0.314. The third-order valence-electron chi connectivity index (χ3n) is 3.29. The van der Waals surface area contributed by atoms with Crippen LogP contribution >= 0.6 is 11.6 Å². The summed E-state index contributed by atoms with van der Waals surface area (Å²) < 4.78 is 29.7. The Balaban J connectivity index is 2.06. The number of hydrogen-bond acceptors (Lipinski definition) is 5. The van der Waals surface area contributed by atoms with Crippen LogP contribution < -0.4 is 9.62 Å². The predicted molar refractivity (Wildman–Crippen MR) is 92.9 cm³/mol. The molecule has 7 nitrogen and oxygen atoms in total. The number of nitrogens with one attached hydrogen (secondary N) is 1. The first-order chi connectivity index (χ1) is 11.2. The summed E-state index contributed by atoms with van der Waals surface area (Å²) in [6.45, 7) is 3.45. The lowest BCUT2D eigenvalue weighted by Gasteiger charge is -2.18. The quantitative estimate of drug-likeness (QED) is 0.842. The highest BCUT2D eigenvalue weighted by Crippen LogP contribution is 2.21. The topological polar surface area (TPSA) is 92.5 Å². The second-order valence-electron chi connectivity index (χ2n) is 5.39. The molecule has 0 fully saturated rings. The van der Waals surface area contributed by atoms with Crippen molar-refractivity contribution in [3.05, 3.63) is 40.6 Å². The number of sulfonamides is 1. The van der Waals surface area contributed by atoms with Gasteiger partial charge in [-0.25, -0.2) is 8.42 Å². The van der Waals surface area contributed by atoms with Gasteiger partial charge in [0, 0.05) is 29.7 Å². The number of amides is 1. The maximum atomic E-state index is 12.1. The van der Waals surface area contributed by atoms with Crippen molar-refractivity contribution in [2.24, 2.45) is 0 Å². The molecule has 0 unspecified atom stereocenters. The Kier molecular flexibility index (Phi) is 5.51. The highest BCUT2D eigenvalue weighted by molar-refractivity contribution is 7.92. The first-order valence-corrected chi connectivity index (χ1v) is 9.36. The molecule has 1 aromatic heterocycles. The van der Waals surface area contributed by atoms with Gasteiger partial charge in [0.15, 0.2) is 5.82 Å². The van der Waals surface area contributed by atoms with E-state index in [1.54, 1.807) is 25.1 Å². The lowest BCUT2D eigenvalue weighted by molar-refractivity contribution is -0.116. The second kappa shape index (κ2) is 7.23. The number of carbonyl (C=O) groups excluding carboxylic acids is 1. The summed E-state index contributed by atoms with van der Waals surface area (Å²) in [6, 6.07) is 6.66. The molecule has 0 aliphatic rings. The minimum Gasteiger partial charge on any atom is -0.360 e. The molecule has 1 N–H and O–H groups in total. The number of rotatable bonds is 6. The van der Waals surface area contributed by atoms with E-state index in [-0.39, 0.29) is 24.7 Å². The molecule has 1 aromatic carbocycles. The van der Waals surface area contributed by atoms with Crippen molar-refractivity contribution < 1.29 is 17.7 Å². The molecule has 0 aliphatic carbocycles. The van der Waals surface area contributed by atoms with Crippen LogP contribution in [0, 0.1) is 13.8 Å². The number of aromatic nitrogens is 1. The molecule has 0 atom stereocenters. The molecule has 0 aliphatic heterocycles. The summed E-state index contributed by atoms with van der Waals surface area (Å²) in [7, 11) is -3.58. The largest absolute Gasteiger partial charge is 0.360 e. The van der Waals surface area contributed by atoms with Crippen LogP contribution in [-0.2, 0) is 14.8 Å². The van der Waals surface area contributed by atoms with E-state index in [0.29, 0.717) is 16.5 Å². The van der Waals surface area contributed by atoms with E-state index < -0.39 is 10.0 Å². The van der Waals surface area contributed by atoms with Crippen LogP contribution in [0.5, 0.6) is 0 Å². The highest BCUT2D eigenvalue weighted by atomic mass is 35.5. The van der Waals surface area contributed by atoms with Crippen LogP contribution in [0.1, 0.15) is 17.7 Å². The molecular weight excluding hydrogens is 354 g/mol. The number of carbonyl (C=O) groups is 1. The fourth-order valence-corrected chi connectivity index (χ4v) is 3.09. The van der Waals surface area contributed by atoms with Gasteiger partial charge >= 0.3 is 0 Å². The van der Waals surface area contributed by atoms with Gasteiger partial charge in [-0.3, -0.25) is 9.10 Å². The number of hydrogen-bond donors (Lipinski definition) is 1. The summed E-state index contributed by atoms with van der Waals surface area (Å²) in [6.07, 6.45) is 1.01. The first-order valence-electron chi connectivity index (χ1n) is 7.14. The van der Waals surface area contributed by atoms with E-state index in [4.69, 9.17) is 16.1 Å². The number of nitrogens with zero attached hydrogens (tertiary/aromatic N) is 2. The molecular formula is C15H18ClN3O4S. The third kappa shape index (κ3) is 4.72. The van der Waals surface area contributed by atoms with Crippen LogP contribution in [0.25, 0.3) is 0 Å². The highest BCUT2D eigenvalue weighted by Gasteiger charge is 2.21. The molecule has 1 amide bonds. The zero-order valence-electron chi connectivity index (χ0n) is 13.5. The van der Waals surface area contributed by atoms with Gasteiger partial charge in [-0.2, -0.15) is 0 Å². The van der Waals surface area contributed by atoms with E-state index in [0.717, 1.165) is 16.1 Å². The Bertz CT molecular complexity index is 848. The van der Waals surface area contributed by atoms with E-state index in [2.05, 4.69) is 10.5 Å². The number of anilines is 2. The minimum atomic E-state index is -3.58. The van der Waals surface area contributed by atoms with Crippen molar-refractivity contribution in [3.63, 3.8) is 0 Å². The summed E-state index contributed by atoms with van der Waals surface area (Å²) in [5, 5.41) is 6.92. The number of aryl methyl sites for hydroxylation is 2. The van der Waals surface area contributed by atoms with E-state index in [9.17, 15) is 13.2 Å². The molecule has 0 saturated carbocycles. The van der Waals surface area contributed by atoms with Crippen molar-refractivity contribution >= 4 is 39.0 Å². The van der Waals surface area contributed by atoms with Gasteiger partial charge in [0.1, 0.15) is 5.76 Å². The van der Waals surface area contributed by atoms with Gasteiger partial charge in [0.05, 0.1) is 6.26 Å².